The Labute approximate surface area is 172 Å². The van der Waals surface area contributed by atoms with Gasteiger partial charge in [0.25, 0.3) is 5.91 Å². The van der Waals surface area contributed by atoms with Gasteiger partial charge in [-0.05, 0) is 52.9 Å². The third kappa shape index (κ3) is 4.29. The summed E-state index contributed by atoms with van der Waals surface area (Å²) in [5, 5.41) is 22.7. The number of halogens is 1. The lowest BCUT2D eigenvalue weighted by Gasteiger charge is -2.24. The average Bonchev–Trinajstić information content (AvgIpc) is 3.03. The van der Waals surface area contributed by atoms with Crippen molar-refractivity contribution in [2.24, 2.45) is 0 Å². The van der Waals surface area contributed by atoms with Gasteiger partial charge in [0.15, 0.2) is 18.1 Å². The first-order valence-electron chi connectivity index (χ1n) is 9.03. The van der Waals surface area contributed by atoms with E-state index in [1.54, 1.807) is 12.1 Å². The highest BCUT2D eigenvalue weighted by Gasteiger charge is 2.36. The van der Waals surface area contributed by atoms with E-state index in [0.717, 1.165) is 17.5 Å². The zero-order valence-corrected chi connectivity index (χ0v) is 17.1. The van der Waals surface area contributed by atoms with Crippen molar-refractivity contribution in [1.29, 1.82) is 5.26 Å². The number of benzene rings is 2. The van der Waals surface area contributed by atoms with Crippen LogP contribution in [-0.4, -0.2) is 30.8 Å². The zero-order valence-electron chi connectivity index (χ0n) is 15.5. The number of aryl methyl sites for hydroxylation is 1. The van der Waals surface area contributed by atoms with Crippen molar-refractivity contribution >= 4 is 21.8 Å². The molecule has 2 N–H and O–H groups in total. The minimum atomic E-state index is -1.06. The molecule has 1 aliphatic carbocycles. The van der Waals surface area contributed by atoms with E-state index in [0.29, 0.717) is 34.6 Å². The third-order valence-corrected chi connectivity index (χ3v) is 5.28. The van der Waals surface area contributed by atoms with Gasteiger partial charge in [-0.1, -0.05) is 24.3 Å². The molecule has 1 atom stereocenters. The molecule has 1 aliphatic rings. The summed E-state index contributed by atoms with van der Waals surface area (Å²) in [5.41, 5.74) is 1.34. The van der Waals surface area contributed by atoms with Gasteiger partial charge in [0.1, 0.15) is 5.60 Å². The molecule has 146 valence electrons. The standard InChI is InChI=1S/C21H21BrN2O4/c1-2-27-18-10-14(11-23)9-17(22)20(18)28-12-19(25)24-13-21(26)8-7-15-5-3-4-6-16(15)21/h3-6,9-10,26H,2,7-8,12-13H2,1H3,(H,24,25)/t21-/m0/s1. The van der Waals surface area contributed by atoms with Crippen LogP contribution in [0.4, 0.5) is 0 Å². The number of hydrogen-bond acceptors (Lipinski definition) is 5. The Balaban J connectivity index is 1.62. The van der Waals surface area contributed by atoms with Crippen LogP contribution in [-0.2, 0) is 16.8 Å². The van der Waals surface area contributed by atoms with Gasteiger partial charge < -0.3 is 19.9 Å². The molecular weight excluding hydrogens is 424 g/mol. The molecule has 3 rings (SSSR count). The van der Waals surface area contributed by atoms with Crippen molar-refractivity contribution < 1.29 is 19.4 Å². The molecular formula is C21H21BrN2O4. The minimum Gasteiger partial charge on any atom is -0.490 e. The Morgan fingerprint density at radius 1 is 1.36 bits per heavy atom. The van der Waals surface area contributed by atoms with E-state index in [-0.39, 0.29) is 19.1 Å². The van der Waals surface area contributed by atoms with Gasteiger partial charge in [-0.15, -0.1) is 0 Å². The first-order valence-corrected chi connectivity index (χ1v) is 9.83. The van der Waals surface area contributed by atoms with Gasteiger partial charge in [0.2, 0.25) is 0 Å². The summed E-state index contributed by atoms with van der Waals surface area (Å²) in [6, 6.07) is 12.9. The number of fused-ring (bicyclic) bond motifs is 1. The predicted molar refractivity (Wildman–Crippen MR) is 107 cm³/mol. The molecule has 0 spiro atoms. The van der Waals surface area contributed by atoms with E-state index in [1.165, 1.54) is 0 Å². The summed E-state index contributed by atoms with van der Waals surface area (Å²) >= 11 is 3.35. The summed E-state index contributed by atoms with van der Waals surface area (Å²) in [6.45, 7) is 2.11. The highest BCUT2D eigenvalue weighted by molar-refractivity contribution is 9.10. The summed E-state index contributed by atoms with van der Waals surface area (Å²) < 4.78 is 11.7. The second-order valence-corrected chi connectivity index (χ2v) is 7.44. The average molecular weight is 445 g/mol. The number of carbonyl (C=O) groups is 1. The number of nitriles is 1. The number of hydrogen-bond donors (Lipinski definition) is 2. The topological polar surface area (TPSA) is 91.6 Å². The Bertz CT molecular complexity index is 925. The molecule has 0 fully saturated rings. The van der Waals surface area contributed by atoms with E-state index in [4.69, 9.17) is 14.7 Å². The minimum absolute atomic E-state index is 0.124. The monoisotopic (exact) mass is 444 g/mol. The number of amides is 1. The van der Waals surface area contributed by atoms with E-state index in [1.807, 2.05) is 37.3 Å². The van der Waals surface area contributed by atoms with E-state index < -0.39 is 5.60 Å². The number of nitrogens with one attached hydrogen (secondary N) is 1. The van der Waals surface area contributed by atoms with Crippen LogP contribution in [0.2, 0.25) is 0 Å². The van der Waals surface area contributed by atoms with Gasteiger partial charge in [0.05, 0.1) is 29.3 Å². The molecule has 6 nitrogen and oxygen atoms in total. The molecule has 2 aromatic rings. The smallest absolute Gasteiger partial charge is 0.258 e. The second-order valence-electron chi connectivity index (χ2n) is 6.58. The maximum atomic E-state index is 12.3. The molecule has 0 aliphatic heterocycles. The second kappa shape index (κ2) is 8.63. The number of ether oxygens (including phenoxy) is 2. The third-order valence-electron chi connectivity index (χ3n) is 4.69. The van der Waals surface area contributed by atoms with E-state index in [9.17, 15) is 9.90 Å². The SMILES string of the molecule is CCOc1cc(C#N)cc(Br)c1OCC(=O)NC[C@@]1(O)CCc2ccccc21. The maximum absolute atomic E-state index is 12.3. The number of carbonyl (C=O) groups excluding carboxylic acids is 1. The molecule has 0 heterocycles. The summed E-state index contributed by atoms with van der Waals surface area (Å²) in [4.78, 5) is 12.3. The molecule has 7 heteroatoms. The van der Waals surface area contributed by atoms with Crippen LogP contribution in [0.5, 0.6) is 11.5 Å². The van der Waals surface area contributed by atoms with E-state index >= 15 is 0 Å². The van der Waals surface area contributed by atoms with Crippen LogP contribution in [0, 0.1) is 11.3 Å². The van der Waals surface area contributed by atoms with Crippen molar-refractivity contribution in [3.05, 3.63) is 57.6 Å². The van der Waals surface area contributed by atoms with Gasteiger partial charge in [-0.2, -0.15) is 5.26 Å². The Morgan fingerprint density at radius 3 is 2.89 bits per heavy atom. The highest BCUT2D eigenvalue weighted by Crippen LogP contribution is 2.37. The van der Waals surface area contributed by atoms with Crippen molar-refractivity contribution in [2.75, 3.05) is 19.8 Å². The molecule has 2 aromatic carbocycles. The Morgan fingerprint density at radius 2 is 2.14 bits per heavy atom. The van der Waals surface area contributed by atoms with Crippen LogP contribution in [0.3, 0.4) is 0 Å². The Kier molecular flexibility index (Phi) is 6.22. The van der Waals surface area contributed by atoms with Crippen molar-refractivity contribution in [1.82, 2.24) is 5.32 Å². The van der Waals surface area contributed by atoms with E-state index in [2.05, 4.69) is 21.2 Å². The molecule has 0 bridgehead atoms. The molecule has 0 saturated heterocycles. The van der Waals surface area contributed by atoms with Crippen LogP contribution in [0.15, 0.2) is 40.9 Å². The maximum Gasteiger partial charge on any atom is 0.258 e. The Hall–Kier alpha value is -2.56. The highest BCUT2D eigenvalue weighted by atomic mass is 79.9. The van der Waals surface area contributed by atoms with Gasteiger partial charge in [-0.25, -0.2) is 0 Å². The fraction of sp³-hybridized carbons (Fsp3) is 0.333. The van der Waals surface area contributed by atoms with Crippen molar-refractivity contribution in [2.45, 2.75) is 25.4 Å². The lowest BCUT2D eigenvalue weighted by atomic mass is 9.96. The van der Waals surface area contributed by atoms with Gasteiger partial charge >= 0.3 is 0 Å². The number of rotatable bonds is 7. The molecule has 1 amide bonds. The molecule has 0 saturated carbocycles. The fourth-order valence-corrected chi connectivity index (χ4v) is 3.88. The van der Waals surface area contributed by atoms with Crippen LogP contribution in [0.1, 0.15) is 30.0 Å². The number of aliphatic hydroxyl groups is 1. The van der Waals surface area contributed by atoms with Gasteiger partial charge in [0, 0.05) is 6.07 Å². The molecule has 0 radical (unpaired) electrons. The summed E-state index contributed by atoms with van der Waals surface area (Å²) in [6.07, 6.45) is 1.36. The quantitative estimate of drug-likeness (QED) is 0.684. The summed E-state index contributed by atoms with van der Waals surface area (Å²) in [5.74, 6) is 0.405. The van der Waals surface area contributed by atoms with Crippen molar-refractivity contribution in [3.8, 4) is 17.6 Å². The van der Waals surface area contributed by atoms with Crippen LogP contribution < -0.4 is 14.8 Å². The van der Waals surface area contributed by atoms with Gasteiger partial charge in [-0.3, -0.25) is 4.79 Å². The number of nitrogens with zero attached hydrogens (tertiary/aromatic N) is 1. The van der Waals surface area contributed by atoms with Crippen LogP contribution in [0.25, 0.3) is 0 Å². The molecule has 0 unspecified atom stereocenters. The van der Waals surface area contributed by atoms with Crippen LogP contribution >= 0.6 is 15.9 Å². The van der Waals surface area contributed by atoms with Crippen molar-refractivity contribution in [3.63, 3.8) is 0 Å². The normalized spacial score (nSPS) is 17.5. The lowest BCUT2D eigenvalue weighted by molar-refractivity contribution is -0.124. The largest absolute Gasteiger partial charge is 0.490 e. The predicted octanol–water partition coefficient (Wildman–Crippen LogP) is 3.05. The molecule has 0 aromatic heterocycles. The summed E-state index contributed by atoms with van der Waals surface area (Å²) in [7, 11) is 0. The zero-order chi connectivity index (χ0) is 20.1. The first kappa shape index (κ1) is 20.2. The lowest BCUT2D eigenvalue weighted by Crippen LogP contribution is -2.41. The first-order chi connectivity index (χ1) is 13.5. The fourth-order valence-electron chi connectivity index (χ4n) is 3.32. The molecule has 28 heavy (non-hydrogen) atoms.